The van der Waals surface area contributed by atoms with Crippen LogP contribution in [0.2, 0.25) is 0 Å². The minimum Gasteiger partial charge on any atom is -0.309 e. The van der Waals surface area contributed by atoms with Crippen LogP contribution in [0.5, 0.6) is 0 Å². The maximum Gasteiger partial charge on any atom is 0.203 e. The summed E-state index contributed by atoms with van der Waals surface area (Å²) in [7, 11) is 0. The molecule has 0 radical (unpaired) electrons. The number of imidazole rings is 1. The van der Waals surface area contributed by atoms with Gasteiger partial charge in [-0.15, -0.1) is 17.0 Å². The lowest BCUT2D eigenvalue weighted by Gasteiger charge is -2.56. The zero-order valence-corrected chi connectivity index (χ0v) is 20.8. The van der Waals surface area contributed by atoms with Crippen LogP contribution in [0.3, 0.4) is 0 Å². The average molecular weight is 502 g/mol. The standard InChI is InChI=1S/C26H36N4O.BrH/c27-25-29(11-10-28-8-4-1-5-9-28)22-6-2-3-7-23(22)30(25)18-24(31)26-15-19-12-20(16-26)14-21(13-19)17-26;/h2-3,6-7,19-21,27H,1,4-5,8-18H2;1H. The van der Waals surface area contributed by atoms with E-state index in [9.17, 15) is 4.79 Å². The number of carbonyl (C=O) groups excluding carboxylic acids is 1. The van der Waals surface area contributed by atoms with E-state index in [1.165, 1.54) is 51.6 Å². The van der Waals surface area contributed by atoms with E-state index in [0.717, 1.165) is 61.1 Å². The van der Waals surface area contributed by atoms with Gasteiger partial charge in [-0.2, -0.15) is 0 Å². The van der Waals surface area contributed by atoms with Crippen molar-refractivity contribution < 1.29 is 4.79 Å². The summed E-state index contributed by atoms with van der Waals surface area (Å²) >= 11 is 0. The molecule has 5 aliphatic rings. The minimum absolute atomic E-state index is 0. The van der Waals surface area contributed by atoms with Crippen molar-refractivity contribution in [3.63, 3.8) is 0 Å². The number of benzene rings is 1. The van der Waals surface area contributed by atoms with Gasteiger partial charge in [0.05, 0.1) is 17.6 Å². The Balaban J connectivity index is 0.00000216. The number of hydrogen-bond acceptors (Lipinski definition) is 3. The molecule has 2 aromatic rings. The first-order valence-corrected chi connectivity index (χ1v) is 12.6. The second kappa shape index (κ2) is 8.75. The van der Waals surface area contributed by atoms with Gasteiger partial charge in [0.1, 0.15) is 0 Å². The third-order valence-electron chi connectivity index (χ3n) is 8.99. The van der Waals surface area contributed by atoms with Gasteiger partial charge in [-0.25, -0.2) is 0 Å². The number of para-hydroxylation sites is 2. The van der Waals surface area contributed by atoms with E-state index in [1.807, 2.05) is 10.6 Å². The first kappa shape index (κ1) is 22.4. The highest BCUT2D eigenvalue weighted by molar-refractivity contribution is 8.93. The number of Topliss-reactive ketones (excluding diaryl/α,β-unsaturated/α-hetero) is 1. The number of ketones is 1. The second-order valence-corrected chi connectivity index (χ2v) is 11.1. The van der Waals surface area contributed by atoms with Crippen molar-refractivity contribution >= 4 is 33.8 Å². The van der Waals surface area contributed by atoms with Crippen LogP contribution >= 0.6 is 17.0 Å². The highest BCUT2D eigenvalue weighted by Crippen LogP contribution is 2.60. The summed E-state index contributed by atoms with van der Waals surface area (Å²) in [6.07, 6.45) is 11.3. The predicted octanol–water partition coefficient (Wildman–Crippen LogP) is 4.77. The van der Waals surface area contributed by atoms with Gasteiger partial charge >= 0.3 is 0 Å². The van der Waals surface area contributed by atoms with E-state index in [-0.39, 0.29) is 22.4 Å². The van der Waals surface area contributed by atoms with Gasteiger partial charge in [-0.1, -0.05) is 18.6 Å². The Morgan fingerprint density at radius 1 is 0.875 bits per heavy atom. The molecule has 5 nitrogen and oxygen atoms in total. The van der Waals surface area contributed by atoms with Gasteiger partial charge in [0, 0.05) is 18.5 Å². The molecule has 6 heteroatoms. The molecule has 174 valence electrons. The van der Waals surface area contributed by atoms with Crippen molar-refractivity contribution in [1.29, 1.82) is 5.41 Å². The van der Waals surface area contributed by atoms with Crippen LogP contribution in [-0.2, 0) is 17.9 Å². The number of nitrogens with zero attached hydrogens (tertiary/aromatic N) is 3. The third-order valence-corrected chi connectivity index (χ3v) is 8.99. The van der Waals surface area contributed by atoms with Gasteiger partial charge in [-0.3, -0.25) is 10.2 Å². The lowest BCUT2D eigenvalue weighted by Crippen LogP contribution is -2.51. The Labute approximate surface area is 201 Å². The Bertz CT molecular complexity index is 1010. The third kappa shape index (κ3) is 3.81. The predicted molar refractivity (Wildman–Crippen MR) is 132 cm³/mol. The first-order chi connectivity index (χ1) is 15.1. The normalized spacial score (nSPS) is 31.7. The van der Waals surface area contributed by atoms with E-state index >= 15 is 0 Å². The van der Waals surface area contributed by atoms with Crippen molar-refractivity contribution in [2.75, 3.05) is 19.6 Å². The van der Waals surface area contributed by atoms with Crippen LogP contribution in [-0.4, -0.2) is 39.5 Å². The fraction of sp³-hybridized carbons (Fsp3) is 0.692. The Kier molecular flexibility index (Phi) is 6.12. The van der Waals surface area contributed by atoms with Crippen LogP contribution in [0.25, 0.3) is 11.0 Å². The molecule has 1 aromatic heterocycles. The van der Waals surface area contributed by atoms with E-state index in [4.69, 9.17) is 5.41 Å². The van der Waals surface area contributed by atoms with Crippen LogP contribution in [0.1, 0.15) is 57.8 Å². The fourth-order valence-electron chi connectivity index (χ4n) is 7.87. The second-order valence-electron chi connectivity index (χ2n) is 11.1. The Morgan fingerprint density at radius 3 is 2.03 bits per heavy atom. The summed E-state index contributed by atoms with van der Waals surface area (Å²) in [5, 5.41) is 8.98. The molecule has 1 N–H and O–H groups in total. The molecule has 0 spiro atoms. The molecule has 4 bridgehead atoms. The maximum absolute atomic E-state index is 13.8. The number of hydrogen-bond donors (Lipinski definition) is 1. The SMILES string of the molecule is Br.N=c1n(CCN2CCCCC2)c2ccccc2n1CC(=O)C12CC3CC(CC(C3)C1)C2. The lowest BCUT2D eigenvalue weighted by molar-refractivity contribution is -0.144. The maximum atomic E-state index is 13.8. The van der Waals surface area contributed by atoms with Gasteiger partial charge < -0.3 is 14.0 Å². The molecule has 0 unspecified atom stereocenters. The summed E-state index contributed by atoms with van der Waals surface area (Å²) in [6, 6.07) is 8.32. The first-order valence-electron chi connectivity index (χ1n) is 12.6. The van der Waals surface area contributed by atoms with Gasteiger partial charge in [0.25, 0.3) is 0 Å². The Morgan fingerprint density at radius 2 is 1.44 bits per heavy atom. The van der Waals surface area contributed by atoms with Crippen molar-refractivity contribution in [3.05, 3.63) is 29.9 Å². The molecule has 5 fully saturated rings. The van der Waals surface area contributed by atoms with Crippen LogP contribution < -0.4 is 5.62 Å². The lowest BCUT2D eigenvalue weighted by atomic mass is 9.48. The molecule has 32 heavy (non-hydrogen) atoms. The molecule has 1 aromatic carbocycles. The molecule has 1 aliphatic heterocycles. The van der Waals surface area contributed by atoms with Gasteiger partial charge in [0.15, 0.2) is 5.78 Å². The molecule has 0 amide bonds. The van der Waals surface area contributed by atoms with Gasteiger partial charge in [0.2, 0.25) is 5.62 Å². The number of halogens is 1. The Hall–Kier alpha value is -1.40. The number of nitrogens with one attached hydrogen (secondary N) is 1. The molecule has 7 rings (SSSR count). The van der Waals surface area contributed by atoms with Crippen molar-refractivity contribution in [2.24, 2.45) is 23.2 Å². The topological polar surface area (TPSA) is 54.0 Å². The monoisotopic (exact) mass is 500 g/mol. The summed E-state index contributed by atoms with van der Waals surface area (Å²) in [4.78, 5) is 16.3. The van der Waals surface area contributed by atoms with Crippen molar-refractivity contribution in [1.82, 2.24) is 14.0 Å². The molecule has 4 saturated carbocycles. The van der Waals surface area contributed by atoms with Gasteiger partial charge in [-0.05, 0) is 94.3 Å². The zero-order chi connectivity index (χ0) is 21.0. The zero-order valence-electron chi connectivity index (χ0n) is 19.1. The minimum atomic E-state index is -0.0921. The van der Waals surface area contributed by atoms with Crippen LogP contribution in [0, 0.1) is 28.6 Å². The highest BCUT2D eigenvalue weighted by atomic mass is 79.9. The quantitative estimate of drug-likeness (QED) is 0.620. The molecule has 0 atom stereocenters. The summed E-state index contributed by atoms with van der Waals surface area (Å²) in [5.41, 5.74) is 2.55. The molecule has 1 saturated heterocycles. The molecule has 2 heterocycles. The number of aromatic nitrogens is 2. The molecular formula is C26H37BrN4O. The highest BCUT2D eigenvalue weighted by Gasteiger charge is 2.54. The number of fused-ring (bicyclic) bond motifs is 1. The van der Waals surface area contributed by atoms with Crippen LogP contribution in [0.4, 0.5) is 0 Å². The van der Waals surface area contributed by atoms with E-state index < -0.39 is 0 Å². The number of piperidine rings is 1. The summed E-state index contributed by atoms with van der Waals surface area (Å²) in [5.74, 6) is 2.74. The molecule has 4 aliphatic carbocycles. The largest absolute Gasteiger partial charge is 0.309 e. The average Bonchev–Trinajstić information content (AvgIpc) is 3.03. The van der Waals surface area contributed by atoms with E-state index in [1.54, 1.807) is 0 Å². The fourth-order valence-corrected chi connectivity index (χ4v) is 7.87. The van der Waals surface area contributed by atoms with E-state index in [0.29, 0.717) is 17.9 Å². The smallest absolute Gasteiger partial charge is 0.203 e. The number of likely N-dealkylation sites (tertiary alicyclic amines) is 1. The summed E-state index contributed by atoms with van der Waals surface area (Å²) in [6.45, 7) is 4.56. The van der Waals surface area contributed by atoms with Crippen molar-refractivity contribution in [2.45, 2.75) is 70.9 Å². The molecular weight excluding hydrogens is 464 g/mol. The number of carbonyl (C=O) groups is 1. The van der Waals surface area contributed by atoms with E-state index in [2.05, 4.69) is 27.7 Å². The summed E-state index contributed by atoms with van der Waals surface area (Å²) < 4.78 is 4.14. The number of rotatable bonds is 6. The van der Waals surface area contributed by atoms with Crippen molar-refractivity contribution in [3.8, 4) is 0 Å². The van der Waals surface area contributed by atoms with Crippen LogP contribution in [0.15, 0.2) is 24.3 Å².